The van der Waals surface area contributed by atoms with E-state index >= 15 is 0 Å². The first-order chi connectivity index (χ1) is 14.2. The number of piperidine rings is 1. The Kier molecular flexibility index (Phi) is 4.66. The van der Waals surface area contributed by atoms with Gasteiger partial charge in [0.1, 0.15) is 5.52 Å². The van der Waals surface area contributed by atoms with Crippen molar-refractivity contribution in [3.8, 4) is 0 Å². The van der Waals surface area contributed by atoms with Crippen LogP contribution in [-0.2, 0) is 0 Å². The summed E-state index contributed by atoms with van der Waals surface area (Å²) < 4.78 is 2.17. The Bertz CT molecular complexity index is 1090. The summed E-state index contributed by atoms with van der Waals surface area (Å²) in [7, 11) is 0. The highest BCUT2D eigenvalue weighted by atomic mass is 16.2. The highest BCUT2D eigenvalue weighted by Gasteiger charge is 2.26. The Labute approximate surface area is 168 Å². The number of aromatic amines is 1. The van der Waals surface area contributed by atoms with Gasteiger partial charge in [-0.05, 0) is 49.3 Å². The van der Waals surface area contributed by atoms with E-state index in [0.29, 0.717) is 30.6 Å². The molecule has 1 amide bonds. The Morgan fingerprint density at radius 2 is 1.86 bits per heavy atom. The SMILES string of the molecule is O=C(c1cnc2c(c1)ncn2C1CCCC1)N1CCC(c2cc[nH]c(=O)c2)CC1. The lowest BCUT2D eigenvalue weighted by atomic mass is 9.90. The fourth-order valence-electron chi connectivity index (χ4n) is 4.80. The number of amides is 1. The molecule has 0 unspecified atom stereocenters. The van der Waals surface area contributed by atoms with Crippen LogP contribution in [0.15, 0.2) is 41.7 Å². The van der Waals surface area contributed by atoms with E-state index in [2.05, 4.69) is 19.5 Å². The van der Waals surface area contributed by atoms with Crippen LogP contribution in [0.25, 0.3) is 11.2 Å². The standard InChI is InChI=1S/C22H25N5O2/c28-20-12-16(5-8-23-20)15-6-9-26(10-7-15)22(29)17-11-19-21(24-13-17)27(14-25-19)18-3-1-2-4-18/h5,8,11-15,18H,1-4,6-7,9-10H2,(H,23,28). The van der Waals surface area contributed by atoms with Gasteiger partial charge in [-0.3, -0.25) is 9.59 Å². The number of fused-ring (bicyclic) bond motifs is 1. The van der Waals surface area contributed by atoms with Crippen LogP contribution in [0.2, 0.25) is 0 Å². The molecule has 1 N–H and O–H groups in total. The van der Waals surface area contributed by atoms with Gasteiger partial charge >= 0.3 is 0 Å². The minimum absolute atomic E-state index is 0.0131. The van der Waals surface area contributed by atoms with E-state index in [-0.39, 0.29) is 11.5 Å². The van der Waals surface area contributed by atoms with E-state index in [4.69, 9.17) is 0 Å². The lowest BCUT2D eigenvalue weighted by Gasteiger charge is -2.32. The average Bonchev–Trinajstić information content (AvgIpc) is 3.42. The van der Waals surface area contributed by atoms with Crippen molar-refractivity contribution in [1.82, 2.24) is 24.4 Å². The first-order valence-corrected chi connectivity index (χ1v) is 10.5. The molecular formula is C22H25N5O2. The summed E-state index contributed by atoms with van der Waals surface area (Å²) in [5.74, 6) is 0.336. The van der Waals surface area contributed by atoms with Gasteiger partial charge < -0.3 is 14.5 Å². The van der Waals surface area contributed by atoms with E-state index in [1.807, 2.05) is 23.4 Å². The van der Waals surface area contributed by atoms with Gasteiger partial charge in [0.25, 0.3) is 5.91 Å². The maximum absolute atomic E-state index is 13.0. The molecule has 150 valence electrons. The Morgan fingerprint density at radius 1 is 1.07 bits per heavy atom. The number of carbonyl (C=O) groups excluding carboxylic acids is 1. The van der Waals surface area contributed by atoms with Crippen molar-refractivity contribution in [3.05, 3.63) is 58.4 Å². The number of carbonyl (C=O) groups is 1. The monoisotopic (exact) mass is 391 g/mol. The molecule has 1 saturated carbocycles. The number of pyridine rings is 2. The second-order valence-corrected chi connectivity index (χ2v) is 8.21. The van der Waals surface area contributed by atoms with Gasteiger partial charge in [-0.1, -0.05) is 12.8 Å². The van der Waals surface area contributed by atoms with Gasteiger partial charge in [0.15, 0.2) is 5.65 Å². The molecular weight excluding hydrogens is 366 g/mol. The van der Waals surface area contributed by atoms with Crippen LogP contribution in [-0.4, -0.2) is 43.4 Å². The van der Waals surface area contributed by atoms with Gasteiger partial charge in [-0.25, -0.2) is 9.97 Å². The molecule has 0 radical (unpaired) electrons. The van der Waals surface area contributed by atoms with E-state index < -0.39 is 0 Å². The minimum Gasteiger partial charge on any atom is -0.339 e. The summed E-state index contributed by atoms with van der Waals surface area (Å²) in [6.45, 7) is 1.37. The third-order valence-electron chi connectivity index (χ3n) is 6.43. The molecule has 7 heteroatoms. The number of likely N-dealkylation sites (tertiary alicyclic amines) is 1. The number of hydrogen-bond acceptors (Lipinski definition) is 4. The van der Waals surface area contributed by atoms with Crippen LogP contribution in [0.4, 0.5) is 0 Å². The fourth-order valence-corrected chi connectivity index (χ4v) is 4.80. The smallest absolute Gasteiger partial charge is 0.255 e. The normalized spacial score (nSPS) is 18.6. The molecule has 3 aromatic rings. The summed E-state index contributed by atoms with van der Waals surface area (Å²) in [5, 5.41) is 0. The van der Waals surface area contributed by atoms with Crippen molar-refractivity contribution >= 4 is 17.1 Å². The van der Waals surface area contributed by atoms with Crippen molar-refractivity contribution in [2.45, 2.75) is 50.5 Å². The number of aromatic nitrogens is 4. The molecule has 2 aliphatic rings. The quantitative estimate of drug-likeness (QED) is 0.743. The predicted octanol–water partition coefficient (Wildman–Crippen LogP) is 3.25. The molecule has 0 aromatic carbocycles. The van der Waals surface area contributed by atoms with Gasteiger partial charge in [0.2, 0.25) is 5.56 Å². The number of nitrogens with one attached hydrogen (secondary N) is 1. The van der Waals surface area contributed by atoms with Gasteiger partial charge in [-0.2, -0.15) is 0 Å². The van der Waals surface area contributed by atoms with Crippen molar-refractivity contribution in [2.75, 3.05) is 13.1 Å². The minimum atomic E-state index is -0.0718. The molecule has 2 fully saturated rings. The Hall–Kier alpha value is -2.96. The van der Waals surface area contributed by atoms with Gasteiger partial charge in [0.05, 0.1) is 11.9 Å². The van der Waals surface area contributed by atoms with Crippen LogP contribution >= 0.6 is 0 Å². The number of hydrogen-bond donors (Lipinski definition) is 1. The molecule has 1 aliphatic carbocycles. The summed E-state index contributed by atoms with van der Waals surface area (Å²) in [6, 6.07) is 5.99. The lowest BCUT2D eigenvalue weighted by Crippen LogP contribution is -2.38. The highest BCUT2D eigenvalue weighted by molar-refractivity contribution is 5.96. The van der Waals surface area contributed by atoms with Crippen LogP contribution in [0.3, 0.4) is 0 Å². The van der Waals surface area contributed by atoms with E-state index in [1.54, 1.807) is 18.5 Å². The molecule has 4 heterocycles. The van der Waals surface area contributed by atoms with Crippen LogP contribution in [0, 0.1) is 0 Å². The first-order valence-electron chi connectivity index (χ1n) is 10.5. The zero-order valence-corrected chi connectivity index (χ0v) is 16.4. The summed E-state index contributed by atoms with van der Waals surface area (Å²) in [6.07, 6.45) is 11.9. The zero-order chi connectivity index (χ0) is 19.8. The summed E-state index contributed by atoms with van der Waals surface area (Å²) >= 11 is 0. The Balaban J connectivity index is 1.29. The maximum atomic E-state index is 13.0. The second kappa shape index (κ2) is 7.46. The predicted molar refractivity (Wildman–Crippen MR) is 110 cm³/mol. The van der Waals surface area contributed by atoms with Gasteiger partial charge in [-0.15, -0.1) is 0 Å². The van der Waals surface area contributed by atoms with Crippen molar-refractivity contribution in [3.63, 3.8) is 0 Å². The van der Waals surface area contributed by atoms with Crippen LogP contribution in [0.1, 0.15) is 66.4 Å². The van der Waals surface area contributed by atoms with E-state index in [1.165, 1.54) is 25.7 Å². The van der Waals surface area contributed by atoms with Gasteiger partial charge in [0, 0.05) is 37.6 Å². The molecule has 7 nitrogen and oxygen atoms in total. The number of H-pyrrole nitrogens is 1. The Morgan fingerprint density at radius 3 is 2.62 bits per heavy atom. The van der Waals surface area contributed by atoms with E-state index in [0.717, 1.165) is 29.6 Å². The molecule has 1 saturated heterocycles. The molecule has 0 spiro atoms. The van der Waals surface area contributed by atoms with Crippen molar-refractivity contribution < 1.29 is 4.79 Å². The van der Waals surface area contributed by atoms with Crippen molar-refractivity contribution in [1.29, 1.82) is 0 Å². The first kappa shape index (κ1) is 18.1. The summed E-state index contributed by atoms with van der Waals surface area (Å²) in [4.78, 5) is 38.2. The second-order valence-electron chi connectivity index (χ2n) is 8.21. The maximum Gasteiger partial charge on any atom is 0.255 e. The van der Waals surface area contributed by atoms with Crippen molar-refractivity contribution in [2.24, 2.45) is 0 Å². The number of imidazole rings is 1. The molecule has 0 atom stereocenters. The van der Waals surface area contributed by atoms with E-state index in [9.17, 15) is 9.59 Å². The third kappa shape index (κ3) is 3.45. The molecule has 29 heavy (non-hydrogen) atoms. The van der Waals surface area contributed by atoms with Crippen LogP contribution in [0.5, 0.6) is 0 Å². The molecule has 3 aromatic heterocycles. The lowest BCUT2D eigenvalue weighted by molar-refractivity contribution is 0.0712. The number of rotatable bonds is 3. The largest absolute Gasteiger partial charge is 0.339 e. The topological polar surface area (TPSA) is 83.9 Å². The number of nitrogens with zero attached hydrogens (tertiary/aromatic N) is 4. The van der Waals surface area contributed by atoms with Crippen LogP contribution < -0.4 is 5.56 Å². The molecule has 5 rings (SSSR count). The fraction of sp³-hybridized carbons (Fsp3) is 0.455. The highest BCUT2D eigenvalue weighted by Crippen LogP contribution is 2.32. The third-order valence-corrected chi connectivity index (χ3v) is 6.43. The molecule has 1 aliphatic heterocycles. The summed E-state index contributed by atoms with van der Waals surface area (Å²) in [5.41, 5.74) is 3.25. The zero-order valence-electron chi connectivity index (χ0n) is 16.4. The average molecular weight is 391 g/mol. The molecule has 0 bridgehead atoms.